The molecule has 0 amide bonds. The molecular formula is C15H17BrN2. The van der Waals surface area contributed by atoms with Crippen LogP contribution in [0.5, 0.6) is 0 Å². The third-order valence-corrected chi connectivity index (χ3v) is 4.00. The van der Waals surface area contributed by atoms with Crippen LogP contribution in [0.1, 0.15) is 30.5 Å². The predicted octanol–water partition coefficient (Wildman–Crippen LogP) is 4.72. The molecule has 2 aromatic rings. The highest BCUT2D eigenvalue weighted by atomic mass is 79.9. The second-order valence-corrected chi connectivity index (χ2v) is 5.10. The van der Waals surface area contributed by atoms with Crippen molar-refractivity contribution in [2.45, 2.75) is 26.3 Å². The first-order valence-corrected chi connectivity index (χ1v) is 6.94. The molecule has 1 N–H and O–H groups in total. The Balaban J connectivity index is 2.24. The zero-order valence-corrected chi connectivity index (χ0v) is 12.2. The molecule has 0 fully saturated rings. The van der Waals surface area contributed by atoms with Gasteiger partial charge < -0.3 is 5.32 Å². The van der Waals surface area contributed by atoms with Crippen LogP contribution in [0, 0.1) is 6.92 Å². The number of anilines is 1. The Morgan fingerprint density at radius 1 is 1.22 bits per heavy atom. The number of aromatic nitrogens is 1. The van der Waals surface area contributed by atoms with Gasteiger partial charge in [0.2, 0.25) is 0 Å². The topological polar surface area (TPSA) is 24.9 Å². The van der Waals surface area contributed by atoms with E-state index in [1.165, 1.54) is 11.1 Å². The Morgan fingerprint density at radius 2 is 1.94 bits per heavy atom. The van der Waals surface area contributed by atoms with Crippen molar-refractivity contribution in [3.8, 4) is 0 Å². The summed E-state index contributed by atoms with van der Waals surface area (Å²) >= 11 is 3.59. The van der Waals surface area contributed by atoms with E-state index in [2.05, 4.69) is 64.3 Å². The van der Waals surface area contributed by atoms with Gasteiger partial charge in [-0.1, -0.05) is 37.3 Å². The van der Waals surface area contributed by atoms with Gasteiger partial charge in [-0.05, 0) is 46.5 Å². The maximum Gasteiger partial charge on any atom is 0.141 e. The molecule has 1 atom stereocenters. The number of hydrogen-bond donors (Lipinski definition) is 1. The minimum absolute atomic E-state index is 0.289. The molecule has 0 aliphatic carbocycles. The molecule has 0 radical (unpaired) electrons. The van der Waals surface area contributed by atoms with Gasteiger partial charge in [0.15, 0.2) is 0 Å². The van der Waals surface area contributed by atoms with Crippen LogP contribution in [0.3, 0.4) is 0 Å². The van der Waals surface area contributed by atoms with Gasteiger partial charge in [-0.2, -0.15) is 0 Å². The first-order valence-electron chi connectivity index (χ1n) is 6.15. The lowest BCUT2D eigenvalue weighted by Crippen LogP contribution is -2.11. The van der Waals surface area contributed by atoms with Crippen molar-refractivity contribution in [1.29, 1.82) is 0 Å². The molecule has 1 unspecified atom stereocenters. The summed E-state index contributed by atoms with van der Waals surface area (Å²) in [5, 5.41) is 3.50. The molecular weight excluding hydrogens is 288 g/mol. The molecule has 0 saturated heterocycles. The molecule has 0 aliphatic rings. The molecule has 1 aromatic heterocycles. The molecule has 94 valence electrons. The molecule has 0 spiro atoms. The number of rotatable bonds is 4. The van der Waals surface area contributed by atoms with Gasteiger partial charge in [0.05, 0.1) is 10.5 Å². The summed E-state index contributed by atoms with van der Waals surface area (Å²) in [5.41, 5.74) is 2.48. The molecule has 0 aliphatic heterocycles. The van der Waals surface area contributed by atoms with Gasteiger partial charge in [-0.15, -0.1) is 0 Å². The third kappa shape index (κ3) is 2.91. The highest BCUT2D eigenvalue weighted by Gasteiger charge is 2.11. The van der Waals surface area contributed by atoms with Crippen molar-refractivity contribution in [3.05, 3.63) is 58.2 Å². The Labute approximate surface area is 117 Å². The summed E-state index contributed by atoms with van der Waals surface area (Å²) in [6, 6.07) is 12.7. The van der Waals surface area contributed by atoms with E-state index in [4.69, 9.17) is 0 Å². The van der Waals surface area contributed by atoms with Crippen LogP contribution < -0.4 is 5.32 Å². The highest BCUT2D eigenvalue weighted by molar-refractivity contribution is 9.10. The van der Waals surface area contributed by atoms with Crippen LogP contribution in [0.4, 0.5) is 5.82 Å². The quantitative estimate of drug-likeness (QED) is 0.884. The lowest BCUT2D eigenvalue weighted by molar-refractivity contribution is 0.743. The maximum absolute atomic E-state index is 4.39. The number of nitrogens with one attached hydrogen (secondary N) is 1. The van der Waals surface area contributed by atoms with E-state index in [0.717, 1.165) is 16.7 Å². The summed E-state index contributed by atoms with van der Waals surface area (Å²) in [6.07, 6.45) is 2.85. The molecule has 2 rings (SSSR count). The van der Waals surface area contributed by atoms with Gasteiger partial charge >= 0.3 is 0 Å². The Kier molecular flexibility index (Phi) is 4.37. The van der Waals surface area contributed by atoms with Crippen molar-refractivity contribution in [3.63, 3.8) is 0 Å². The lowest BCUT2D eigenvalue weighted by Gasteiger charge is -2.19. The van der Waals surface area contributed by atoms with Crippen LogP contribution in [0.25, 0.3) is 0 Å². The largest absolute Gasteiger partial charge is 0.362 e. The monoisotopic (exact) mass is 304 g/mol. The van der Waals surface area contributed by atoms with Crippen LogP contribution in [-0.2, 0) is 0 Å². The van der Waals surface area contributed by atoms with Gasteiger partial charge in [-0.25, -0.2) is 4.98 Å². The second-order valence-electron chi connectivity index (χ2n) is 4.31. The van der Waals surface area contributed by atoms with Gasteiger partial charge in [0.1, 0.15) is 5.82 Å². The average Bonchev–Trinajstić information content (AvgIpc) is 2.41. The predicted molar refractivity (Wildman–Crippen MR) is 79.8 cm³/mol. The number of halogens is 1. The molecule has 3 heteroatoms. The number of hydrogen-bond acceptors (Lipinski definition) is 2. The van der Waals surface area contributed by atoms with Crippen LogP contribution in [-0.4, -0.2) is 4.98 Å². The fourth-order valence-electron chi connectivity index (χ4n) is 1.91. The van der Waals surface area contributed by atoms with Gasteiger partial charge in [0, 0.05) is 6.20 Å². The van der Waals surface area contributed by atoms with Gasteiger partial charge in [-0.3, -0.25) is 0 Å². The normalized spacial score (nSPS) is 12.2. The maximum atomic E-state index is 4.39. The second kappa shape index (κ2) is 6.01. The van der Waals surface area contributed by atoms with Crippen LogP contribution in [0.2, 0.25) is 0 Å². The van der Waals surface area contributed by atoms with E-state index in [1.807, 2.05) is 18.3 Å². The summed E-state index contributed by atoms with van der Waals surface area (Å²) in [4.78, 5) is 4.39. The number of nitrogens with zero attached hydrogens (tertiary/aromatic N) is 1. The minimum Gasteiger partial charge on any atom is -0.362 e. The smallest absolute Gasteiger partial charge is 0.141 e. The van der Waals surface area contributed by atoms with Crippen molar-refractivity contribution in [2.24, 2.45) is 0 Å². The summed E-state index contributed by atoms with van der Waals surface area (Å²) in [6.45, 7) is 4.24. The van der Waals surface area contributed by atoms with E-state index in [0.29, 0.717) is 0 Å². The lowest BCUT2D eigenvalue weighted by atomic mass is 10.0. The summed E-state index contributed by atoms with van der Waals surface area (Å²) in [5.74, 6) is 0.908. The zero-order valence-electron chi connectivity index (χ0n) is 10.7. The van der Waals surface area contributed by atoms with E-state index >= 15 is 0 Å². The average molecular weight is 305 g/mol. The molecule has 2 nitrogen and oxygen atoms in total. The first kappa shape index (κ1) is 13.1. The van der Waals surface area contributed by atoms with E-state index in [-0.39, 0.29) is 6.04 Å². The molecule has 18 heavy (non-hydrogen) atoms. The number of pyridine rings is 1. The van der Waals surface area contributed by atoms with E-state index < -0.39 is 0 Å². The van der Waals surface area contributed by atoms with Gasteiger partial charge in [0.25, 0.3) is 0 Å². The van der Waals surface area contributed by atoms with Crippen LogP contribution >= 0.6 is 15.9 Å². The Bertz CT molecular complexity index is 511. The Hall–Kier alpha value is -1.35. The number of aryl methyl sites for hydroxylation is 1. The highest BCUT2D eigenvalue weighted by Crippen LogP contribution is 2.28. The van der Waals surface area contributed by atoms with Crippen molar-refractivity contribution in [1.82, 2.24) is 4.98 Å². The molecule has 1 heterocycles. The first-order chi connectivity index (χ1) is 8.72. The zero-order chi connectivity index (χ0) is 13.0. The van der Waals surface area contributed by atoms with Crippen molar-refractivity contribution in [2.75, 3.05) is 5.32 Å². The molecule has 1 aromatic carbocycles. The fraction of sp³-hybridized carbons (Fsp3) is 0.267. The number of benzene rings is 1. The standard InChI is InChI=1S/C15H17BrN2/c1-3-13(12-7-5-4-6-8-12)18-15-14(16)11(2)9-10-17-15/h4-10,13H,3H2,1-2H3,(H,17,18). The SMILES string of the molecule is CCC(Nc1nccc(C)c1Br)c1ccccc1. The summed E-state index contributed by atoms with van der Waals surface area (Å²) < 4.78 is 1.04. The van der Waals surface area contributed by atoms with Crippen molar-refractivity contribution >= 4 is 21.7 Å². The molecule has 0 saturated carbocycles. The van der Waals surface area contributed by atoms with Crippen molar-refractivity contribution < 1.29 is 0 Å². The molecule has 0 bridgehead atoms. The van der Waals surface area contributed by atoms with Crippen LogP contribution in [0.15, 0.2) is 47.1 Å². The fourth-order valence-corrected chi connectivity index (χ4v) is 2.26. The van der Waals surface area contributed by atoms with E-state index in [9.17, 15) is 0 Å². The third-order valence-electron chi connectivity index (χ3n) is 3.00. The summed E-state index contributed by atoms with van der Waals surface area (Å²) in [7, 11) is 0. The van der Waals surface area contributed by atoms with E-state index in [1.54, 1.807) is 0 Å². The Morgan fingerprint density at radius 3 is 2.61 bits per heavy atom. The minimum atomic E-state index is 0.289.